The van der Waals surface area contributed by atoms with E-state index in [0.29, 0.717) is 35.8 Å². The van der Waals surface area contributed by atoms with E-state index in [2.05, 4.69) is 20.6 Å². The van der Waals surface area contributed by atoms with Gasteiger partial charge in [-0.25, -0.2) is 9.37 Å². The van der Waals surface area contributed by atoms with Crippen molar-refractivity contribution in [2.24, 2.45) is 0 Å². The second-order valence-electron chi connectivity index (χ2n) is 6.21. The molecule has 0 amide bonds. The van der Waals surface area contributed by atoms with Gasteiger partial charge in [0, 0.05) is 13.1 Å². The highest BCUT2D eigenvalue weighted by atomic mass is 19.1. The zero-order valence-corrected chi connectivity index (χ0v) is 14.7. The highest BCUT2D eigenvalue weighted by Crippen LogP contribution is 2.25. The van der Waals surface area contributed by atoms with Crippen LogP contribution in [0.2, 0.25) is 0 Å². The predicted octanol–water partition coefficient (Wildman–Crippen LogP) is 4.99. The van der Waals surface area contributed by atoms with Crippen molar-refractivity contribution in [3.63, 3.8) is 0 Å². The molecule has 4 nitrogen and oxygen atoms in total. The van der Waals surface area contributed by atoms with Crippen LogP contribution in [0.3, 0.4) is 0 Å². The molecule has 134 valence electrons. The van der Waals surface area contributed by atoms with Gasteiger partial charge in [0.2, 0.25) is 5.95 Å². The third-order valence-corrected chi connectivity index (χ3v) is 4.27. The van der Waals surface area contributed by atoms with Crippen LogP contribution in [0.25, 0.3) is 10.9 Å². The Bertz CT molecular complexity index is 1040. The van der Waals surface area contributed by atoms with Gasteiger partial charge in [0.05, 0.1) is 10.9 Å². The zero-order chi connectivity index (χ0) is 18.5. The summed E-state index contributed by atoms with van der Waals surface area (Å²) in [6.07, 6.45) is 0. The van der Waals surface area contributed by atoms with Gasteiger partial charge < -0.3 is 10.6 Å². The van der Waals surface area contributed by atoms with Crippen molar-refractivity contribution in [1.29, 1.82) is 0 Å². The molecule has 0 aliphatic rings. The zero-order valence-electron chi connectivity index (χ0n) is 14.7. The molecule has 3 aromatic carbocycles. The van der Waals surface area contributed by atoms with Crippen molar-refractivity contribution in [1.82, 2.24) is 9.97 Å². The fraction of sp³-hybridized carbons (Fsp3) is 0.0909. The van der Waals surface area contributed by atoms with E-state index in [4.69, 9.17) is 0 Å². The molecule has 0 aliphatic carbocycles. The summed E-state index contributed by atoms with van der Waals surface area (Å²) in [6, 6.07) is 24.8. The van der Waals surface area contributed by atoms with Crippen molar-refractivity contribution in [2.45, 2.75) is 13.1 Å². The highest BCUT2D eigenvalue weighted by molar-refractivity contribution is 5.90. The van der Waals surface area contributed by atoms with E-state index in [9.17, 15) is 4.39 Å². The Morgan fingerprint density at radius 1 is 0.667 bits per heavy atom. The molecule has 4 rings (SSSR count). The summed E-state index contributed by atoms with van der Waals surface area (Å²) in [5.41, 5.74) is 2.79. The van der Waals surface area contributed by atoms with Gasteiger partial charge in [-0.3, -0.25) is 0 Å². The summed E-state index contributed by atoms with van der Waals surface area (Å²) in [5.74, 6) is 0.614. The van der Waals surface area contributed by atoms with Crippen LogP contribution in [-0.4, -0.2) is 9.97 Å². The van der Waals surface area contributed by atoms with E-state index in [1.807, 2.05) is 60.7 Å². The van der Waals surface area contributed by atoms with Crippen LogP contribution in [0.15, 0.2) is 78.9 Å². The minimum atomic E-state index is -0.335. The largest absolute Gasteiger partial charge is 0.365 e. The van der Waals surface area contributed by atoms with Crippen LogP contribution >= 0.6 is 0 Å². The summed E-state index contributed by atoms with van der Waals surface area (Å²) in [4.78, 5) is 8.98. The lowest BCUT2D eigenvalue weighted by atomic mass is 10.2. The van der Waals surface area contributed by atoms with Gasteiger partial charge in [0.15, 0.2) is 0 Å². The van der Waals surface area contributed by atoms with E-state index < -0.39 is 0 Å². The molecule has 2 N–H and O–H groups in total. The summed E-state index contributed by atoms with van der Waals surface area (Å²) < 4.78 is 14.4. The highest BCUT2D eigenvalue weighted by Gasteiger charge is 2.12. The van der Waals surface area contributed by atoms with Crippen LogP contribution in [-0.2, 0) is 13.1 Å². The van der Waals surface area contributed by atoms with E-state index in [1.165, 1.54) is 6.07 Å². The number of aromatic nitrogens is 2. The average molecular weight is 358 g/mol. The number of nitrogens with zero attached hydrogens (tertiary/aromatic N) is 2. The number of benzene rings is 3. The predicted molar refractivity (Wildman–Crippen MR) is 107 cm³/mol. The Morgan fingerprint density at radius 2 is 1.30 bits per heavy atom. The first-order valence-electron chi connectivity index (χ1n) is 8.81. The van der Waals surface area contributed by atoms with Crippen molar-refractivity contribution < 1.29 is 4.39 Å². The summed E-state index contributed by atoms with van der Waals surface area (Å²) in [6.45, 7) is 1.15. The molecule has 4 aromatic rings. The molecular weight excluding hydrogens is 339 g/mol. The SMILES string of the molecule is Fc1cccc2nc(NCc3ccccc3)nc(NCc3ccccc3)c12. The third-order valence-electron chi connectivity index (χ3n) is 4.27. The maximum absolute atomic E-state index is 14.4. The Morgan fingerprint density at radius 3 is 1.96 bits per heavy atom. The molecule has 0 atom stereocenters. The Hall–Kier alpha value is -3.47. The fourth-order valence-electron chi connectivity index (χ4n) is 2.91. The van der Waals surface area contributed by atoms with Crippen LogP contribution in [0.4, 0.5) is 16.2 Å². The minimum Gasteiger partial charge on any atom is -0.365 e. The number of nitrogens with one attached hydrogen (secondary N) is 2. The molecule has 5 heteroatoms. The molecule has 0 saturated heterocycles. The smallest absolute Gasteiger partial charge is 0.225 e. The number of hydrogen-bond acceptors (Lipinski definition) is 4. The summed E-state index contributed by atoms with van der Waals surface area (Å²) >= 11 is 0. The Labute approximate surface area is 157 Å². The van der Waals surface area contributed by atoms with Crippen LogP contribution < -0.4 is 10.6 Å². The molecular formula is C22H19FN4. The van der Waals surface area contributed by atoms with E-state index in [-0.39, 0.29) is 5.82 Å². The number of fused-ring (bicyclic) bond motifs is 1. The second-order valence-corrected chi connectivity index (χ2v) is 6.21. The fourth-order valence-corrected chi connectivity index (χ4v) is 2.91. The van der Waals surface area contributed by atoms with Crippen molar-refractivity contribution in [2.75, 3.05) is 10.6 Å². The van der Waals surface area contributed by atoms with Crippen molar-refractivity contribution in [3.8, 4) is 0 Å². The minimum absolute atomic E-state index is 0.335. The van der Waals surface area contributed by atoms with Gasteiger partial charge in [-0.15, -0.1) is 0 Å². The average Bonchev–Trinajstić information content (AvgIpc) is 2.72. The van der Waals surface area contributed by atoms with Gasteiger partial charge in [-0.05, 0) is 23.3 Å². The molecule has 0 saturated carbocycles. The number of halogens is 1. The molecule has 0 unspecified atom stereocenters. The molecule has 1 heterocycles. The van der Waals surface area contributed by atoms with Gasteiger partial charge >= 0.3 is 0 Å². The van der Waals surface area contributed by atoms with Crippen LogP contribution in [0, 0.1) is 5.82 Å². The first-order valence-corrected chi connectivity index (χ1v) is 8.81. The first-order chi connectivity index (χ1) is 13.3. The van der Waals surface area contributed by atoms with Crippen molar-refractivity contribution >= 4 is 22.7 Å². The van der Waals surface area contributed by atoms with Gasteiger partial charge in [0.25, 0.3) is 0 Å². The third kappa shape index (κ3) is 4.03. The normalized spacial score (nSPS) is 10.7. The number of hydrogen-bond donors (Lipinski definition) is 2. The lowest BCUT2D eigenvalue weighted by Crippen LogP contribution is -2.08. The van der Waals surface area contributed by atoms with Gasteiger partial charge in [-0.1, -0.05) is 66.7 Å². The number of rotatable bonds is 6. The standard InChI is InChI=1S/C22H19FN4/c23-18-12-7-13-19-20(18)21(24-14-16-8-3-1-4-9-16)27-22(26-19)25-15-17-10-5-2-6-11-17/h1-13H,14-15H2,(H2,24,25,26,27). The molecule has 27 heavy (non-hydrogen) atoms. The lowest BCUT2D eigenvalue weighted by Gasteiger charge is -2.12. The lowest BCUT2D eigenvalue weighted by molar-refractivity contribution is 0.639. The summed E-state index contributed by atoms with van der Waals surface area (Å²) in [5, 5.41) is 6.88. The van der Waals surface area contributed by atoms with Gasteiger partial charge in [-0.2, -0.15) is 4.98 Å². The Kier molecular flexibility index (Phi) is 4.92. The van der Waals surface area contributed by atoms with Crippen molar-refractivity contribution in [3.05, 3.63) is 95.8 Å². The number of anilines is 2. The topological polar surface area (TPSA) is 49.8 Å². The maximum atomic E-state index is 14.4. The summed E-state index contributed by atoms with van der Waals surface area (Å²) in [7, 11) is 0. The second kappa shape index (κ2) is 7.83. The quantitative estimate of drug-likeness (QED) is 0.510. The molecule has 0 fully saturated rings. The van der Waals surface area contributed by atoms with Gasteiger partial charge in [0.1, 0.15) is 11.6 Å². The molecule has 0 aliphatic heterocycles. The van der Waals surface area contributed by atoms with E-state index in [1.54, 1.807) is 12.1 Å². The monoisotopic (exact) mass is 358 g/mol. The maximum Gasteiger partial charge on any atom is 0.225 e. The van der Waals surface area contributed by atoms with Crippen LogP contribution in [0.1, 0.15) is 11.1 Å². The molecule has 0 radical (unpaired) electrons. The Balaban J connectivity index is 1.63. The van der Waals surface area contributed by atoms with Crippen LogP contribution in [0.5, 0.6) is 0 Å². The first kappa shape index (κ1) is 17.0. The molecule has 0 spiro atoms. The van der Waals surface area contributed by atoms with E-state index in [0.717, 1.165) is 11.1 Å². The van der Waals surface area contributed by atoms with E-state index >= 15 is 0 Å². The molecule has 1 aromatic heterocycles. The molecule has 0 bridgehead atoms.